The Morgan fingerprint density at radius 3 is 2.45 bits per heavy atom. The van der Waals surface area contributed by atoms with E-state index in [-0.39, 0.29) is 30.3 Å². The van der Waals surface area contributed by atoms with Crippen molar-refractivity contribution < 1.29 is 14.7 Å². The van der Waals surface area contributed by atoms with Crippen LogP contribution in [0.15, 0.2) is 24.3 Å². The molecule has 4 nitrogen and oxygen atoms in total. The number of anilines is 1. The summed E-state index contributed by atoms with van der Waals surface area (Å²) in [6.07, 6.45) is 2.30. The first-order valence-corrected chi connectivity index (χ1v) is 6.79. The van der Waals surface area contributed by atoms with Crippen LogP contribution in [0.5, 0.6) is 0 Å². The number of carbonyl (C=O) groups excluding carboxylic acids is 2. The molecule has 1 heterocycles. The normalized spacial score (nSPS) is 24.6. The summed E-state index contributed by atoms with van der Waals surface area (Å²) in [5.74, 6) is 5.09. The van der Waals surface area contributed by atoms with Gasteiger partial charge in [0.25, 0.3) is 0 Å². The van der Waals surface area contributed by atoms with Gasteiger partial charge in [0.05, 0.1) is 5.69 Å². The number of piperidine rings is 1. The predicted octanol–water partition coefficient (Wildman–Crippen LogP) is 1.32. The lowest BCUT2D eigenvalue weighted by atomic mass is 9.96. The van der Waals surface area contributed by atoms with Crippen LogP contribution >= 0.6 is 0 Å². The van der Waals surface area contributed by atoms with Gasteiger partial charge >= 0.3 is 0 Å². The molecule has 2 fully saturated rings. The Bertz CT molecular complexity index is 604. The van der Waals surface area contributed by atoms with Crippen molar-refractivity contribution in [2.75, 3.05) is 11.5 Å². The molecule has 0 radical (unpaired) electrons. The van der Waals surface area contributed by atoms with Crippen LogP contribution in [0, 0.1) is 23.7 Å². The third-order valence-electron chi connectivity index (χ3n) is 4.02. The van der Waals surface area contributed by atoms with E-state index in [0.29, 0.717) is 17.7 Å². The number of hydrogen-bond acceptors (Lipinski definition) is 3. The molecule has 0 spiro atoms. The van der Waals surface area contributed by atoms with Gasteiger partial charge in [0.15, 0.2) is 0 Å². The minimum atomic E-state index is -0.249. The largest absolute Gasteiger partial charge is 0.384 e. The van der Waals surface area contributed by atoms with Crippen molar-refractivity contribution in [3.8, 4) is 11.8 Å². The van der Waals surface area contributed by atoms with Crippen molar-refractivity contribution in [2.45, 2.75) is 19.3 Å². The monoisotopic (exact) mass is 269 g/mol. The molecule has 2 amide bonds. The second-order valence-corrected chi connectivity index (χ2v) is 5.20. The van der Waals surface area contributed by atoms with Crippen LogP contribution in [0.1, 0.15) is 24.8 Å². The quantitative estimate of drug-likeness (QED) is 0.618. The zero-order valence-corrected chi connectivity index (χ0v) is 11.0. The fourth-order valence-corrected chi connectivity index (χ4v) is 3.05. The van der Waals surface area contributed by atoms with E-state index in [4.69, 9.17) is 5.11 Å². The molecular weight excluding hydrogens is 254 g/mol. The lowest BCUT2D eigenvalue weighted by Crippen LogP contribution is -2.46. The molecule has 2 unspecified atom stereocenters. The molecule has 2 bridgehead atoms. The number of hydrogen-bond donors (Lipinski definition) is 1. The Morgan fingerprint density at radius 1 is 1.15 bits per heavy atom. The van der Waals surface area contributed by atoms with Crippen molar-refractivity contribution in [1.82, 2.24) is 0 Å². The summed E-state index contributed by atoms with van der Waals surface area (Å²) in [5, 5.41) is 8.81. The van der Waals surface area contributed by atoms with Gasteiger partial charge in [0.1, 0.15) is 6.61 Å². The highest BCUT2D eigenvalue weighted by molar-refractivity contribution is 6.19. The zero-order valence-electron chi connectivity index (χ0n) is 11.0. The maximum atomic E-state index is 12.4. The summed E-state index contributed by atoms with van der Waals surface area (Å²) in [6.45, 7) is -0.249. The number of benzene rings is 1. The molecule has 1 aliphatic heterocycles. The summed E-state index contributed by atoms with van der Waals surface area (Å²) in [4.78, 5) is 26.2. The van der Waals surface area contributed by atoms with E-state index in [9.17, 15) is 9.59 Å². The van der Waals surface area contributed by atoms with Gasteiger partial charge in [-0.2, -0.15) is 0 Å². The standard InChI is InChI=1S/C16H15NO3/c18-9-3-5-11-4-1-2-6-14(11)17-15(19)12-7-8-13(10-12)16(17)20/h1-2,4,6,12-13,18H,7-10H2. The molecule has 20 heavy (non-hydrogen) atoms. The Morgan fingerprint density at radius 2 is 1.80 bits per heavy atom. The molecule has 3 rings (SSSR count). The number of nitrogens with zero attached hydrogens (tertiary/aromatic N) is 1. The lowest BCUT2D eigenvalue weighted by Gasteiger charge is -2.30. The zero-order chi connectivity index (χ0) is 14.1. The Labute approximate surface area is 117 Å². The molecule has 2 aliphatic rings. The number of aliphatic hydroxyl groups is 1. The Balaban J connectivity index is 2.04. The van der Waals surface area contributed by atoms with Crippen molar-refractivity contribution in [3.05, 3.63) is 29.8 Å². The number of rotatable bonds is 1. The fourth-order valence-electron chi connectivity index (χ4n) is 3.05. The first kappa shape index (κ1) is 12.9. The van der Waals surface area contributed by atoms with Gasteiger partial charge in [0, 0.05) is 17.4 Å². The van der Waals surface area contributed by atoms with Crippen molar-refractivity contribution in [1.29, 1.82) is 0 Å². The number of para-hydroxylation sites is 1. The van der Waals surface area contributed by atoms with E-state index < -0.39 is 0 Å². The first-order chi connectivity index (χ1) is 9.72. The van der Waals surface area contributed by atoms with E-state index in [1.807, 2.05) is 0 Å². The van der Waals surface area contributed by atoms with Gasteiger partial charge < -0.3 is 5.11 Å². The first-order valence-electron chi connectivity index (χ1n) is 6.79. The lowest BCUT2D eigenvalue weighted by molar-refractivity contribution is -0.133. The fraction of sp³-hybridized carbons (Fsp3) is 0.375. The van der Waals surface area contributed by atoms with Gasteiger partial charge in [-0.05, 0) is 31.4 Å². The van der Waals surface area contributed by atoms with Crippen LogP contribution in [0.25, 0.3) is 0 Å². The van der Waals surface area contributed by atoms with Crippen LogP contribution in [0.3, 0.4) is 0 Å². The van der Waals surface area contributed by atoms with Crippen LogP contribution in [0.2, 0.25) is 0 Å². The van der Waals surface area contributed by atoms with E-state index in [1.54, 1.807) is 24.3 Å². The highest BCUT2D eigenvalue weighted by atomic mass is 16.2. The minimum absolute atomic E-state index is 0.0310. The summed E-state index contributed by atoms with van der Waals surface area (Å²) >= 11 is 0. The molecule has 1 saturated carbocycles. The van der Waals surface area contributed by atoms with Gasteiger partial charge in [-0.1, -0.05) is 24.0 Å². The predicted molar refractivity (Wildman–Crippen MR) is 73.7 cm³/mol. The molecule has 1 aliphatic carbocycles. The van der Waals surface area contributed by atoms with Gasteiger partial charge in [-0.15, -0.1) is 0 Å². The molecule has 1 N–H and O–H groups in total. The third-order valence-corrected chi connectivity index (χ3v) is 4.02. The topological polar surface area (TPSA) is 57.6 Å². The van der Waals surface area contributed by atoms with E-state index >= 15 is 0 Å². The molecule has 1 aromatic rings. The van der Waals surface area contributed by atoms with Gasteiger partial charge in [0.2, 0.25) is 11.8 Å². The Hall–Kier alpha value is -2.12. The summed E-state index contributed by atoms with van der Waals surface area (Å²) in [7, 11) is 0. The van der Waals surface area contributed by atoms with Gasteiger partial charge in [-0.25, -0.2) is 4.90 Å². The summed E-state index contributed by atoms with van der Waals surface area (Å²) in [5.41, 5.74) is 1.14. The van der Waals surface area contributed by atoms with Crippen molar-refractivity contribution in [3.63, 3.8) is 0 Å². The third kappa shape index (κ3) is 2.00. The smallest absolute Gasteiger partial charge is 0.236 e. The van der Waals surface area contributed by atoms with E-state index in [2.05, 4.69) is 11.8 Å². The van der Waals surface area contributed by atoms with E-state index in [0.717, 1.165) is 12.8 Å². The number of amides is 2. The van der Waals surface area contributed by atoms with Crippen molar-refractivity contribution >= 4 is 17.5 Å². The minimum Gasteiger partial charge on any atom is -0.384 e. The summed E-state index contributed by atoms with van der Waals surface area (Å²) < 4.78 is 0. The molecular formula is C16H15NO3. The van der Waals surface area contributed by atoms with Crippen LogP contribution < -0.4 is 4.90 Å². The maximum Gasteiger partial charge on any atom is 0.236 e. The summed E-state index contributed by atoms with van der Waals surface area (Å²) in [6, 6.07) is 7.09. The number of aliphatic hydroxyl groups excluding tert-OH is 1. The molecule has 0 aromatic heterocycles. The molecule has 102 valence electrons. The number of imide groups is 1. The second-order valence-electron chi connectivity index (χ2n) is 5.20. The average Bonchev–Trinajstić information content (AvgIpc) is 2.91. The SMILES string of the molecule is O=C1C2CCC(C2)C(=O)N1c1ccccc1C#CCO. The van der Waals surface area contributed by atoms with Crippen LogP contribution in [-0.2, 0) is 9.59 Å². The Kier molecular flexibility index (Phi) is 3.29. The van der Waals surface area contributed by atoms with Crippen molar-refractivity contribution in [2.24, 2.45) is 11.8 Å². The second kappa shape index (κ2) is 5.10. The highest BCUT2D eigenvalue weighted by Crippen LogP contribution is 2.40. The van der Waals surface area contributed by atoms with Crippen LogP contribution in [-0.4, -0.2) is 23.5 Å². The number of fused-ring (bicyclic) bond motifs is 2. The average molecular weight is 269 g/mol. The molecule has 4 heteroatoms. The molecule has 2 atom stereocenters. The number of carbonyl (C=O) groups is 2. The molecule has 1 saturated heterocycles. The van der Waals surface area contributed by atoms with E-state index in [1.165, 1.54) is 4.90 Å². The molecule has 1 aromatic carbocycles. The van der Waals surface area contributed by atoms with Crippen LogP contribution in [0.4, 0.5) is 5.69 Å². The maximum absolute atomic E-state index is 12.4. The highest BCUT2D eigenvalue weighted by Gasteiger charge is 2.46. The van der Waals surface area contributed by atoms with Gasteiger partial charge in [-0.3, -0.25) is 9.59 Å².